The van der Waals surface area contributed by atoms with E-state index in [-0.39, 0.29) is 16.9 Å². The van der Waals surface area contributed by atoms with Crippen LogP contribution in [0.1, 0.15) is 49.5 Å². The van der Waals surface area contributed by atoms with E-state index < -0.39 is 5.78 Å². The minimum absolute atomic E-state index is 0.0822. The molecule has 1 aromatic heterocycles. The molecule has 0 unspecified atom stereocenters. The Bertz CT molecular complexity index is 807. The highest BCUT2D eigenvalue weighted by Gasteiger charge is 2.24. The van der Waals surface area contributed by atoms with Gasteiger partial charge in [-0.2, -0.15) is 0 Å². The summed E-state index contributed by atoms with van der Waals surface area (Å²) in [6.07, 6.45) is 0.891. The van der Waals surface area contributed by atoms with E-state index in [4.69, 9.17) is 11.1 Å². The first-order chi connectivity index (χ1) is 11.3. The third-order valence-electron chi connectivity index (χ3n) is 3.42. The van der Waals surface area contributed by atoms with Gasteiger partial charge in [0.25, 0.3) is 0 Å². The van der Waals surface area contributed by atoms with Crippen LogP contribution in [-0.4, -0.2) is 16.8 Å². The molecule has 0 aliphatic heterocycles. The summed E-state index contributed by atoms with van der Waals surface area (Å²) in [4.78, 5) is 15.6. The van der Waals surface area contributed by atoms with Crippen LogP contribution in [0.15, 0.2) is 40.0 Å². The van der Waals surface area contributed by atoms with Crippen LogP contribution in [0.25, 0.3) is 4.85 Å². The maximum Gasteiger partial charge on any atom is 0.343 e. The largest absolute Gasteiger partial charge is 0.360 e. The Labute approximate surface area is 141 Å². The number of hydrazone groups is 1. The van der Waals surface area contributed by atoms with Crippen molar-refractivity contribution in [3.8, 4) is 0 Å². The first-order valence-corrected chi connectivity index (χ1v) is 7.67. The van der Waals surface area contributed by atoms with E-state index >= 15 is 0 Å². The standard InChI is InChI=1S/C18H20N4O2/c1-6-12-8-7-9-13(10-12)20-21-17(19-5)16(23)14-11-15(24-22-14)18(2,3)4/h7-11,20H,6H2,1-4H3/b21-17-. The maximum atomic E-state index is 12.4. The molecule has 0 bridgehead atoms. The second-order valence-corrected chi connectivity index (χ2v) is 6.37. The second kappa shape index (κ2) is 7.09. The van der Waals surface area contributed by atoms with E-state index in [9.17, 15) is 4.79 Å². The minimum Gasteiger partial charge on any atom is -0.360 e. The quantitative estimate of drug-likeness (QED) is 0.296. The zero-order chi connectivity index (χ0) is 17.7. The number of carbonyl (C=O) groups is 1. The number of hydrogen-bond donors (Lipinski definition) is 1. The van der Waals surface area contributed by atoms with Crippen molar-refractivity contribution >= 4 is 17.3 Å². The number of anilines is 1. The number of aromatic nitrogens is 1. The highest BCUT2D eigenvalue weighted by atomic mass is 16.5. The number of nitrogens with zero attached hydrogens (tertiary/aromatic N) is 3. The summed E-state index contributed by atoms with van der Waals surface area (Å²) in [5.41, 5.74) is 4.43. The average molecular weight is 324 g/mol. The highest BCUT2D eigenvalue weighted by molar-refractivity contribution is 6.48. The molecule has 1 aromatic carbocycles. The predicted molar refractivity (Wildman–Crippen MR) is 93.0 cm³/mol. The van der Waals surface area contributed by atoms with E-state index in [0.29, 0.717) is 5.76 Å². The molecule has 0 amide bonds. The maximum absolute atomic E-state index is 12.4. The molecule has 124 valence electrons. The van der Waals surface area contributed by atoms with Crippen molar-refractivity contribution in [1.82, 2.24) is 5.16 Å². The Morgan fingerprint density at radius 2 is 2.12 bits per heavy atom. The molecule has 6 nitrogen and oxygen atoms in total. The lowest BCUT2D eigenvalue weighted by Crippen LogP contribution is -2.13. The second-order valence-electron chi connectivity index (χ2n) is 6.37. The van der Waals surface area contributed by atoms with E-state index in [1.54, 1.807) is 6.07 Å². The molecule has 2 aromatic rings. The number of rotatable bonds is 5. The Hall–Kier alpha value is -2.94. The molecule has 1 heterocycles. The molecule has 0 spiro atoms. The lowest BCUT2D eigenvalue weighted by atomic mass is 9.93. The van der Waals surface area contributed by atoms with E-state index in [1.165, 1.54) is 0 Å². The Morgan fingerprint density at radius 1 is 1.38 bits per heavy atom. The topological polar surface area (TPSA) is 71.8 Å². The summed E-state index contributed by atoms with van der Waals surface area (Å²) >= 11 is 0. The molecule has 1 N–H and O–H groups in total. The fourth-order valence-corrected chi connectivity index (χ4v) is 1.96. The molecule has 6 heteroatoms. The van der Waals surface area contributed by atoms with Gasteiger partial charge < -0.3 is 9.37 Å². The van der Waals surface area contributed by atoms with Crippen LogP contribution in [0, 0.1) is 6.57 Å². The summed E-state index contributed by atoms with van der Waals surface area (Å²) in [5, 5.41) is 7.67. The van der Waals surface area contributed by atoms with Gasteiger partial charge in [-0.15, -0.1) is 0 Å². The van der Waals surface area contributed by atoms with Gasteiger partial charge in [-0.25, -0.2) is 5.43 Å². The highest BCUT2D eigenvalue weighted by Crippen LogP contribution is 2.23. The summed E-state index contributed by atoms with van der Waals surface area (Å²) in [6, 6.07) is 9.19. The number of nitrogens with one attached hydrogen (secondary N) is 1. The lowest BCUT2D eigenvalue weighted by molar-refractivity contribution is 0.105. The van der Waals surface area contributed by atoms with Gasteiger partial charge >= 0.3 is 5.84 Å². The first-order valence-electron chi connectivity index (χ1n) is 7.67. The van der Waals surface area contributed by atoms with Crippen molar-refractivity contribution in [3.05, 3.63) is 58.8 Å². The molecular formula is C18H20N4O2. The lowest BCUT2D eigenvalue weighted by Gasteiger charge is -2.11. The fraction of sp³-hybridized carbons (Fsp3) is 0.333. The van der Waals surface area contributed by atoms with Crippen molar-refractivity contribution in [2.24, 2.45) is 5.10 Å². The van der Waals surface area contributed by atoms with E-state index in [0.717, 1.165) is 17.7 Å². The van der Waals surface area contributed by atoms with Gasteiger partial charge in [0.15, 0.2) is 0 Å². The Balaban J connectivity index is 2.19. The van der Waals surface area contributed by atoms with Gasteiger partial charge in [-0.3, -0.25) is 4.79 Å². The number of amidine groups is 1. The molecule has 24 heavy (non-hydrogen) atoms. The van der Waals surface area contributed by atoms with Crippen LogP contribution in [0.5, 0.6) is 0 Å². The smallest absolute Gasteiger partial charge is 0.343 e. The number of aryl methyl sites for hydroxylation is 1. The van der Waals surface area contributed by atoms with E-state index in [2.05, 4.69) is 20.5 Å². The molecule has 0 fully saturated rings. The molecule has 0 radical (unpaired) electrons. The number of Topliss-reactive ketones (excluding diaryl/α,β-unsaturated/α-hetero) is 1. The van der Waals surface area contributed by atoms with Gasteiger partial charge in [0.2, 0.25) is 5.78 Å². The zero-order valence-electron chi connectivity index (χ0n) is 14.3. The fourth-order valence-electron chi connectivity index (χ4n) is 1.96. The SMILES string of the molecule is [C-]#[N+]/C(=N\Nc1cccc(CC)c1)C(=O)c1cc(C(C)(C)C)on1. The number of hydrogen-bond acceptors (Lipinski definition) is 5. The van der Waals surface area contributed by atoms with Gasteiger partial charge in [0.1, 0.15) is 11.5 Å². The summed E-state index contributed by atoms with van der Waals surface area (Å²) < 4.78 is 5.19. The van der Waals surface area contributed by atoms with Crippen LogP contribution >= 0.6 is 0 Å². The third kappa shape index (κ3) is 4.07. The van der Waals surface area contributed by atoms with Crippen LogP contribution in [0.3, 0.4) is 0 Å². The molecule has 0 atom stereocenters. The number of benzene rings is 1. The minimum atomic E-state index is -0.566. The van der Waals surface area contributed by atoms with Crippen LogP contribution in [0.2, 0.25) is 0 Å². The third-order valence-corrected chi connectivity index (χ3v) is 3.42. The Kier molecular flexibility index (Phi) is 5.14. The monoisotopic (exact) mass is 324 g/mol. The summed E-state index contributed by atoms with van der Waals surface area (Å²) in [6.45, 7) is 15.1. The van der Waals surface area contributed by atoms with Gasteiger partial charge in [0.05, 0.1) is 5.69 Å². The molecule has 0 saturated carbocycles. The van der Waals surface area contributed by atoms with Crippen LogP contribution in [0.4, 0.5) is 5.69 Å². The summed E-state index contributed by atoms with van der Waals surface area (Å²) in [5.74, 6) is -0.271. The normalized spacial score (nSPS) is 11.9. The van der Waals surface area contributed by atoms with Crippen molar-refractivity contribution in [2.45, 2.75) is 39.5 Å². The summed E-state index contributed by atoms with van der Waals surface area (Å²) in [7, 11) is 0. The number of carbonyl (C=O) groups excluding carboxylic acids is 1. The van der Waals surface area contributed by atoms with Crippen molar-refractivity contribution < 1.29 is 9.32 Å². The predicted octanol–water partition coefficient (Wildman–Crippen LogP) is 4.06. The van der Waals surface area contributed by atoms with Crippen molar-refractivity contribution in [3.63, 3.8) is 0 Å². The van der Waals surface area contributed by atoms with Crippen molar-refractivity contribution in [2.75, 3.05) is 5.43 Å². The average Bonchev–Trinajstić information content (AvgIpc) is 3.05. The first kappa shape index (κ1) is 17.4. The van der Waals surface area contributed by atoms with Gasteiger partial charge in [0, 0.05) is 11.5 Å². The molecule has 0 aliphatic carbocycles. The zero-order valence-corrected chi connectivity index (χ0v) is 14.3. The van der Waals surface area contributed by atoms with Gasteiger partial charge in [-0.1, -0.05) is 51.6 Å². The molecule has 0 aliphatic rings. The van der Waals surface area contributed by atoms with Crippen LogP contribution < -0.4 is 5.43 Å². The molecule has 0 saturated heterocycles. The van der Waals surface area contributed by atoms with Crippen molar-refractivity contribution in [1.29, 1.82) is 0 Å². The molecule has 2 rings (SSSR count). The molecular weight excluding hydrogens is 304 g/mol. The van der Waals surface area contributed by atoms with Crippen LogP contribution in [-0.2, 0) is 11.8 Å². The van der Waals surface area contributed by atoms with Gasteiger partial charge in [-0.05, 0) is 29.2 Å². The Morgan fingerprint density at radius 3 is 2.71 bits per heavy atom. The number of ketones is 1. The van der Waals surface area contributed by atoms with E-state index in [1.807, 2.05) is 52.0 Å².